The van der Waals surface area contributed by atoms with Crippen LogP contribution in [0.4, 0.5) is 4.79 Å². The number of ether oxygens (including phenoxy) is 1. The number of likely N-dealkylation sites (tertiary alicyclic amines) is 1. The molecule has 0 aliphatic carbocycles. The monoisotopic (exact) mass is 362 g/mol. The summed E-state index contributed by atoms with van der Waals surface area (Å²) in [4.78, 5) is 36.2. The Morgan fingerprint density at radius 1 is 1.31 bits per heavy atom. The van der Waals surface area contributed by atoms with Gasteiger partial charge in [0.15, 0.2) is 0 Å². The van der Waals surface area contributed by atoms with Crippen LogP contribution >= 0.6 is 0 Å². The predicted octanol–water partition coefficient (Wildman–Crippen LogP) is 1.12. The standard InChI is InChI=1S/C18H22N2O6/c1-2-8-26-15(21)11-19-14-10-18(16(22)23,20(12-14)17(24)25)9-13-6-4-3-5-7-13/h2-7,14,19H,1,8-12H2,(H,22,23)(H,24,25). The lowest BCUT2D eigenvalue weighted by Gasteiger charge is -2.32. The lowest BCUT2D eigenvalue weighted by molar-refractivity contribution is -0.148. The molecule has 8 heteroatoms. The molecule has 26 heavy (non-hydrogen) atoms. The molecule has 1 aliphatic heterocycles. The quantitative estimate of drug-likeness (QED) is 0.469. The first kappa shape index (κ1) is 19.5. The topological polar surface area (TPSA) is 116 Å². The van der Waals surface area contributed by atoms with Crippen molar-refractivity contribution in [2.24, 2.45) is 0 Å². The smallest absolute Gasteiger partial charge is 0.408 e. The first-order chi connectivity index (χ1) is 12.4. The fraction of sp³-hybridized carbons (Fsp3) is 0.389. The number of carbonyl (C=O) groups excluding carboxylic acids is 1. The molecule has 1 aromatic rings. The highest BCUT2D eigenvalue weighted by Crippen LogP contribution is 2.33. The Labute approximate surface area is 151 Å². The molecular formula is C18H22N2O6. The van der Waals surface area contributed by atoms with Crippen molar-refractivity contribution in [3.8, 4) is 0 Å². The van der Waals surface area contributed by atoms with Gasteiger partial charge in [-0.15, -0.1) is 0 Å². The van der Waals surface area contributed by atoms with Gasteiger partial charge in [-0.1, -0.05) is 43.0 Å². The van der Waals surface area contributed by atoms with Crippen molar-refractivity contribution >= 4 is 18.0 Å². The van der Waals surface area contributed by atoms with Gasteiger partial charge < -0.3 is 20.3 Å². The number of nitrogens with one attached hydrogen (secondary N) is 1. The number of carboxylic acid groups (broad SMARTS) is 2. The van der Waals surface area contributed by atoms with E-state index in [0.29, 0.717) is 0 Å². The number of carboxylic acids is 1. The zero-order valence-corrected chi connectivity index (χ0v) is 14.3. The SMILES string of the molecule is C=CCOC(=O)CNC1CN(C(=O)O)C(Cc2ccccc2)(C(=O)O)C1. The van der Waals surface area contributed by atoms with Gasteiger partial charge in [-0.05, 0) is 12.0 Å². The Morgan fingerprint density at radius 3 is 2.58 bits per heavy atom. The number of aliphatic carboxylic acids is 1. The van der Waals surface area contributed by atoms with Gasteiger partial charge in [0.2, 0.25) is 0 Å². The molecule has 2 rings (SSSR count). The molecule has 1 amide bonds. The summed E-state index contributed by atoms with van der Waals surface area (Å²) in [6.45, 7) is 3.37. The average Bonchev–Trinajstić information content (AvgIpc) is 2.99. The summed E-state index contributed by atoms with van der Waals surface area (Å²) in [6.07, 6.45) is 0.240. The molecule has 140 valence electrons. The van der Waals surface area contributed by atoms with Gasteiger partial charge in [0.1, 0.15) is 12.1 Å². The minimum atomic E-state index is -1.59. The Kier molecular flexibility index (Phi) is 6.35. The van der Waals surface area contributed by atoms with Crippen LogP contribution in [0, 0.1) is 0 Å². The molecule has 1 fully saturated rings. The lowest BCUT2D eigenvalue weighted by atomic mass is 9.87. The van der Waals surface area contributed by atoms with Gasteiger partial charge >= 0.3 is 18.0 Å². The zero-order chi connectivity index (χ0) is 19.2. The van der Waals surface area contributed by atoms with Crippen LogP contribution in [-0.4, -0.2) is 64.4 Å². The minimum absolute atomic E-state index is 0.0246. The van der Waals surface area contributed by atoms with Crippen molar-refractivity contribution in [3.05, 3.63) is 48.6 Å². The maximum Gasteiger partial charge on any atom is 0.408 e. The van der Waals surface area contributed by atoms with Crippen molar-refractivity contribution in [1.29, 1.82) is 0 Å². The maximum absolute atomic E-state index is 12.0. The van der Waals surface area contributed by atoms with E-state index in [4.69, 9.17) is 4.74 Å². The van der Waals surface area contributed by atoms with Crippen LogP contribution in [0.5, 0.6) is 0 Å². The third-order valence-corrected chi connectivity index (χ3v) is 4.37. The van der Waals surface area contributed by atoms with Crippen LogP contribution in [0.2, 0.25) is 0 Å². The second-order valence-corrected chi connectivity index (χ2v) is 6.15. The number of benzene rings is 1. The Balaban J connectivity index is 2.15. The fourth-order valence-electron chi connectivity index (χ4n) is 3.19. The summed E-state index contributed by atoms with van der Waals surface area (Å²) in [7, 11) is 0. The molecule has 0 spiro atoms. The molecular weight excluding hydrogens is 340 g/mol. The number of hydrogen-bond donors (Lipinski definition) is 3. The first-order valence-electron chi connectivity index (χ1n) is 8.17. The van der Waals surface area contributed by atoms with Crippen molar-refractivity contribution in [3.63, 3.8) is 0 Å². The van der Waals surface area contributed by atoms with Crippen molar-refractivity contribution < 1.29 is 29.3 Å². The minimum Gasteiger partial charge on any atom is -0.479 e. The van der Waals surface area contributed by atoms with Crippen LogP contribution in [0.1, 0.15) is 12.0 Å². The molecule has 0 radical (unpaired) electrons. The van der Waals surface area contributed by atoms with E-state index in [1.165, 1.54) is 6.08 Å². The molecule has 8 nitrogen and oxygen atoms in total. The second-order valence-electron chi connectivity index (χ2n) is 6.15. The van der Waals surface area contributed by atoms with E-state index >= 15 is 0 Å². The van der Waals surface area contributed by atoms with Crippen LogP contribution in [0.25, 0.3) is 0 Å². The van der Waals surface area contributed by atoms with Gasteiger partial charge in [0.05, 0.1) is 6.54 Å². The molecule has 1 heterocycles. The summed E-state index contributed by atoms with van der Waals surface area (Å²) in [6, 6.07) is 8.41. The molecule has 3 N–H and O–H groups in total. The van der Waals surface area contributed by atoms with Crippen molar-refractivity contribution in [2.75, 3.05) is 19.7 Å². The Bertz CT molecular complexity index is 678. The molecule has 0 bridgehead atoms. The Morgan fingerprint density at radius 2 is 2.00 bits per heavy atom. The summed E-state index contributed by atoms with van der Waals surface area (Å²) >= 11 is 0. The number of nitrogens with zero attached hydrogens (tertiary/aromatic N) is 1. The number of rotatable bonds is 8. The largest absolute Gasteiger partial charge is 0.479 e. The van der Waals surface area contributed by atoms with E-state index < -0.39 is 29.6 Å². The van der Waals surface area contributed by atoms with E-state index in [1.807, 2.05) is 0 Å². The van der Waals surface area contributed by atoms with Gasteiger partial charge in [-0.3, -0.25) is 9.69 Å². The molecule has 0 aromatic heterocycles. The first-order valence-corrected chi connectivity index (χ1v) is 8.17. The van der Waals surface area contributed by atoms with Crippen LogP contribution in [-0.2, 0) is 20.7 Å². The summed E-state index contributed by atoms with van der Waals surface area (Å²) < 4.78 is 4.85. The normalized spacial score (nSPS) is 22.0. The maximum atomic E-state index is 12.0. The highest BCUT2D eigenvalue weighted by atomic mass is 16.5. The zero-order valence-electron chi connectivity index (χ0n) is 14.3. The molecule has 1 aromatic carbocycles. The van der Waals surface area contributed by atoms with Gasteiger partial charge in [0, 0.05) is 19.0 Å². The predicted molar refractivity (Wildman–Crippen MR) is 92.8 cm³/mol. The highest BCUT2D eigenvalue weighted by molar-refractivity contribution is 5.85. The van der Waals surface area contributed by atoms with E-state index in [9.17, 15) is 24.6 Å². The van der Waals surface area contributed by atoms with Crippen LogP contribution < -0.4 is 5.32 Å². The van der Waals surface area contributed by atoms with Crippen LogP contribution in [0.3, 0.4) is 0 Å². The van der Waals surface area contributed by atoms with E-state index in [0.717, 1.165) is 10.5 Å². The van der Waals surface area contributed by atoms with E-state index in [-0.39, 0.29) is 32.5 Å². The lowest BCUT2D eigenvalue weighted by Crippen LogP contribution is -2.54. The summed E-state index contributed by atoms with van der Waals surface area (Å²) in [5.74, 6) is -1.72. The van der Waals surface area contributed by atoms with Gasteiger partial charge in [-0.2, -0.15) is 0 Å². The average molecular weight is 362 g/mol. The number of hydrogen-bond acceptors (Lipinski definition) is 5. The third-order valence-electron chi connectivity index (χ3n) is 4.37. The number of carbonyl (C=O) groups is 3. The molecule has 0 saturated carbocycles. The van der Waals surface area contributed by atoms with Crippen LogP contribution in [0.15, 0.2) is 43.0 Å². The molecule has 1 aliphatic rings. The van der Waals surface area contributed by atoms with Gasteiger partial charge in [-0.25, -0.2) is 9.59 Å². The molecule has 1 saturated heterocycles. The molecule has 2 atom stereocenters. The van der Waals surface area contributed by atoms with E-state index in [2.05, 4.69) is 11.9 Å². The highest BCUT2D eigenvalue weighted by Gasteiger charge is 2.53. The summed E-state index contributed by atoms with van der Waals surface area (Å²) in [5.41, 5.74) is -0.859. The summed E-state index contributed by atoms with van der Waals surface area (Å²) in [5, 5.41) is 22.2. The Hall–Kier alpha value is -2.87. The second kappa shape index (κ2) is 8.48. The van der Waals surface area contributed by atoms with Gasteiger partial charge in [0.25, 0.3) is 0 Å². The van der Waals surface area contributed by atoms with E-state index in [1.54, 1.807) is 30.3 Å². The number of esters is 1. The van der Waals surface area contributed by atoms with Crippen molar-refractivity contribution in [2.45, 2.75) is 24.4 Å². The van der Waals surface area contributed by atoms with Crippen molar-refractivity contribution in [1.82, 2.24) is 10.2 Å². The third kappa shape index (κ3) is 4.40. The number of amides is 1. The fourth-order valence-corrected chi connectivity index (χ4v) is 3.19. The molecule has 2 unspecified atom stereocenters.